The van der Waals surface area contributed by atoms with Gasteiger partial charge in [0.15, 0.2) is 0 Å². The number of amides is 1. The first kappa shape index (κ1) is 37.3. The van der Waals surface area contributed by atoms with Crippen LogP contribution in [-0.2, 0) is 9.59 Å². The van der Waals surface area contributed by atoms with Crippen molar-refractivity contribution in [2.45, 2.75) is 36.9 Å². The van der Waals surface area contributed by atoms with Crippen molar-refractivity contribution in [3.8, 4) is 17.2 Å². The third-order valence-corrected chi connectivity index (χ3v) is 5.61. The lowest BCUT2D eigenvalue weighted by Crippen LogP contribution is -2.45. The van der Waals surface area contributed by atoms with Crippen molar-refractivity contribution < 1.29 is 76.5 Å². The highest BCUT2D eigenvalue weighted by molar-refractivity contribution is 6.02. The van der Waals surface area contributed by atoms with E-state index in [4.69, 9.17) is 4.74 Å². The first-order chi connectivity index (χ1) is 22.2. The van der Waals surface area contributed by atoms with Crippen molar-refractivity contribution in [3.63, 3.8) is 0 Å². The molecule has 0 saturated carbocycles. The molecule has 3 rings (SSSR count). The van der Waals surface area contributed by atoms with Crippen LogP contribution in [0.15, 0.2) is 84.9 Å². The van der Waals surface area contributed by atoms with Crippen LogP contribution in [0.2, 0.25) is 0 Å². The molecule has 0 fully saturated rings. The maximum Gasteiger partial charge on any atom is 0.439 e. The summed E-state index contributed by atoms with van der Waals surface area (Å²) in [6.45, 7) is 0. The molecule has 0 spiro atoms. The average Bonchev–Trinajstić information content (AvgIpc) is 2.99. The Balaban J connectivity index is 1.48. The Morgan fingerprint density at radius 2 is 0.938 bits per heavy atom. The molecule has 1 amide bonds. The van der Waals surface area contributed by atoms with Crippen LogP contribution in [0, 0.1) is 0 Å². The molecule has 0 heterocycles. The zero-order valence-electron chi connectivity index (χ0n) is 23.5. The van der Waals surface area contributed by atoms with Gasteiger partial charge in [-0.25, -0.2) is 13.6 Å². The monoisotopic (exact) mass is 701 g/mol. The number of ether oxygens (including phenoxy) is 3. The Labute approximate surface area is 262 Å². The van der Waals surface area contributed by atoms with Crippen LogP contribution in [0.1, 0.15) is 11.1 Å². The SMILES string of the molecule is O=C(/C=C/c1ccc(OC(F)(F)C(F)C(F)(F)F)cc1)Nc1ccc(OC(=O)/C=C/c2ccc(OC(F)(F)C(F)C(F)(F)F)cc2)cc1. The second-order valence-corrected chi connectivity index (χ2v) is 9.38. The number of hydrogen-bond acceptors (Lipinski definition) is 5. The molecule has 3 aromatic carbocycles. The molecule has 0 aliphatic heterocycles. The van der Waals surface area contributed by atoms with Gasteiger partial charge in [0.1, 0.15) is 17.2 Å². The van der Waals surface area contributed by atoms with Crippen LogP contribution in [0.3, 0.4) is 0 Å². The van der Waals surface area contributed by atoms with E-state index in [0.29, 0.717) is 0 Å². The standard InChI is InChI=1S/C30H19F12NO5/c31-25(27(33,34)35)29(39,40)47-21-9-1-17(2-10-21)5-15-23(44)43-19-7-13-20(14-8-19)46-24(45)16-6-18-3-11-22(12-4-18)48-30(41,42)26(32)28(36,37)38/h1-16,25-26H,(H,43,44)/b15-5+,16-6+. The van der Waals surface area contributed by atoms with E-state index in [9.17, 15) is 62.3 Å². The fourth-order valence-corrected chi connectivity index (χ4v) is 3.37. The Morgan fingerprint density at radius 3 is 1.33 bits per heavy atom. The summed E-state index contributed by atoms with van der Waals surface area (Å²) in [6.07, 6.45) is -26.8. The highest BCUT2D eigenvalue weighted by Crippen LogP contribution is 2.38. The molecule has 0 aliphatic carbocycles. The minimum atomic E-state index is -5.85. The minimum Gasteiger partial charge on any atom is -0.430 e. The van der Waals surface area contributed by atoms with Crippen molar-refractivity contribution in [2.75, 3.05) is 5.32 Å². The Bertz CT molecular complexity index is 1480. The fourth-order valence-electron chi connectivity index (χ4n) is 3.37. The van der Waals surface area contributed by atoms with Gasteiger partial charge in [-0.2, -0.15) is 43.9 Å². The first-order valence-corrected chi connectivity index (χ1v) is 12.9. The van der Waals surface area contributed by atoms with Gasteiger partial charge in [-0.1, -0.05) is 24.3 Å². The van der Waals surface area contributed by atoms with Gasteiger partial charge in [-0.3, -0.25) is 4.79 Å². The molecule has 48 heavy (non-hydrogen) atoms. The predicted octanol–water partition coefficient (Wildman–Crippen LogP) is 8.70. The summed E-state index contributed by atoms with van der Waals surface area (Å²) < 4.78 is 165. The van der Waals surface area contributed by atoms with E-state index in [1.54, 1.807) is 0 Å². The molecule has 2 atom stereocenters. The van der Waals surface area contributed by atoms with Gasteiger partial charge < -0.3 is 19.5 Å². The second kappa shape index (κ2) is 14.7. The van der Waals surface area contributed by atoms with Gasteiger partial charge in [-0.15, -0.1) is 0 Å². The van der Waals surface area contributed by atoms with Crippen molar-refractivity contribution in [1.82, 2.24) is 0 Å². The molecule has 0 saturated heterocycles. The van der Waals surface area contributed by atoms with Gasteiger partial charge in [0.25, 0.3) is 12.3 Å². The van der Waals surface area contributed by atoms with Crippen LogP contribution >= 0.6 is 0 Å². The zero-order valence-corrected chi connectivity index (χ0v) is 23.5. The molecule has 258 valence electrons. The summed E-state index contributed by atoms with van der Waals surface area (Å²) in [5.74, 6) is -3.09. The average molecular weight is 701 g/mol. The minimum absolute atomic E-state index is 0.0248. The molecular formula is C30H19F12NO5. The third-order valence-electron chi connectivity index (χ3n) is 5.61. The van der Waals surface area contributed by atoms with Crippen molar-refractivity contribution in [3.05, 3.63) is 96.1 Å². The van der Waals surface area contributed by atoms with E-state index in [1.807, 2.05) is 0 Å². The van der Waals surface area contributed by atoms with Gasteiger partial charge in [0.2, 0.25) is 5.91 Å². The number of hydrogen-bond donors (Lipinski definition) is 1. The highest BCUT2D eigenvalue weighted by Gasteiger charge is 2.60. The number of esters is 1. The van der Waals surface area contributed by atoms with Crippen LogP contribution in [0.5, 0.6) is 17.2 Å². The van der Waals surface area contributed by atoms with Gasteiger partial charge in [0.05, 0.1) is 0 Å². The van der Waals surface area contributed by atoms with E-state index in [0.717, 1.165) is 60.7 Å². The van der Waals surface area contributed by atoms with E-state index >= 15 is 0 Å². The van der Waals surface area contributed by atoms with E-state index in [1.165, 1.54) is 36.4 Å². The summed E-state index contributed by atoms with van der Waals surface area (Å²) in [5, 5.41) is 2.45. The first-order valence-electron chi connectivity index (χ1n) is 12.9. The molecule has 3 aromatic rings. The third kappa shape index (κ3) is 11.0. The fraction of sp³-hybridized carbons (Fsp3) is 0.200. The Morgan fingerprint density at radius 1 is 0.562 bits per heavy atom. The molecular weight excluding hydrogens is 682 g/mol. The molecule has 0 aliphatic rings. The summed E-state index contributed by atoms with van der Waals surface area (Å²) in [7, 11) is 0. The van der Waals surface area contributed by atoms with E-state index < -0.39 is 60.3 Å². The lowest BCUT2D eigenvalue weighted by Gasteiger charge is -2.23. The molecule has 18 heteroatoms. The van der Waals surface area contributed by atoms with E-state index in [-0.39, 0.29) is 22.6 Å². The van der Waals surface area contributed by atoms with Crippen molar-refractivity contribution in [1.29, 1.82) is 0 Å². The smallest absolute Gasteiger partial charge is 0.430 e. The summed E-state index contributed by atoms with van der Waals surface area (Å²) in [5.41, 5.74) is 0.687. The lowest BCUT2D eigenvalue weighted by atomic mass is 10.2. The zero-order chi connectivity index (χ0) is 35.9. The summed E-state index contributed by atoms with van der Waals surface area (Å²) >= 11 is 0. The number of benzene rings is 3. The van der Waals surface area contributed by atoms with Crippen LogP contribution < -0.4 is 19.5 Å². The highest BCUT2D eigenvalue weighted by atomic mass is 19.4. The number of anilines is 1. The number of alkyl halides is 12. The van der Waals surface area contributed by atoms with E-state index in [2.05, 4.69) is 14.8 Å². The van der Waals surface area contributed by atoms with Crippen LogP contribution in [0.4, 0.5) is 58.4 Å². The quantitative estimate of drug-likeness (QED) is 0.0886. The normalized spacial score (nSPS) is 14.1. The molecule has 0 bridgehead atoms. The molecule has 6 nitrogen and oxygen atoms in total. The van der Waals surface area contributed by atoms with Gasteiger partial charge in [-0.05, 0) is 71.8 Å². The lowest BCUT2D eigenvalue weighted by molar-refractivity contribution is -0.305. The Hall–Kier alpha value is -5.16. The summed E-state index contributed by atoms with van der Waals surface area (Å²) in [6, 6.07) is 13.0. The second-order valence-electron chi connectivity index (χ2n) is 9.38. The number of carbonyl (C=O) groups is 2. The predicted molar refractivity (Wildman–Crippen MR) is 145 cm³/mol. The van der Waals surface area contributed by atoms with Crippen molar-refractivity contribution >= 4 is 29.7 Å². The summed E-state index contributed by atoms with van der Waals surface area (Å²) in [4.78, 5) is 24.3. The van der Waals surface area contributed by atoms with Crippen LogP contribution in [0.25, 0.3) is 12.2 Å². The van der Waals surface area contributed by atoms with Gasteiger partial charge >= 0.3 is 30.5 Å². The largest absolute Gasteiger partial charge is 0.439 e. The van der Waals surface area contributed by atoms with Crippen LogP contribution in [-0.4, -0.2) is 48.8 Å². The maximum absolute atomic E-state index is 13.4. The number of nitrogens with one attached hydrogen (secondary N) is 1. The molecule has 0 radical (unpaired) electrons. The Kier molecular flexibility index (Phi) is 11.4. The number of rotatable bonds is 12. The number of halogens is 12. The topological polar surface area (TPSA) is 73.9 Å². The number of carbonyl (C=O) groups excluding carboxylic acids is 2. The molecule has 1 N–H and O–H groups in total. The maximum atomic E-state index is 13.4. The molecule has 0 aromatic heterocycles. The molecule has 2 unspecified atom stereocenters. The van der Waals surface area contributed by atoms with Crippen molar-refractivity contribution in [2.24, 2.45) is 0 Å². The van der Waals surface area contributed by atoms with Gasteiger partial charge in [0, 0.05) is 17.8 Å².